The highest BCUT2D eigenvalue weighted by Gasteiger charge is 2.25. The molecule has 0 saturated carbocycles. The maximum atomic E-state index is 5.51. The van der Waals surface area contributed by atoms with Crippen molar-refractivity contribution in [2.24, 2.45) is 0 Å². The lowest BCUT2D eigenvalue weighted by Crippen LogP contribution is -2.15. The van der Waals surface area contributed by atoms with Crippen molar-refractivity contribution >= 4 is 43.0 Å². The van der Waals surface area contributed by atoms with Crippen molar-refractivity contribution in [3.05, 3.63) is 0 Å². The highest BCUT2D eigenvalue weighted by Crippen LogP contribution is 2.23. The summed E-state index contributed by atoms with van der Waals surface area (Å²) in [5.74, 6) is 0. The predicted octanol–water partition coefficient (Wildman–Crippen LogP) is 2.72. The van der Waals surface area contributed by atoms with Crippen LogP contribution in [0.25, 0.3) is 0 Å². The molecule has 0 atom stereocenters. The number of halogens is 3. The molecule has 8 heavy (non-hydrogen) atoms. The van der Waals surface area contributed by atoms with Gasteiger partial charge in [0, 0.05) is 6.61 Å². The molecule has 0 fully saturated rings. The average Bonchev–Trinajstić information content (AvgIpc) is 1.59. The molecule has 0 saturated heterocycles. The number of hydrogen-bond donors (Lipinski definition) is 0. The Kier molecular flexibility index (Phi) is 4.75. The second kappa shape index (κ2) is 4.12. The Morgan fingerprint density at radius 3 is 2.25 bits per heavy atom. The molecule has 0 aromatic heterocycles. The van der Waals surface area contributed by atoms with Gasteiger partial charge in [-0.1, -0.05) is 22.2 Å². The summed E-state index contributed by atoms with van der Waals surface area (Å²) in [5.41, 5.74) is -2.42. The highest BCUT2D eigenvalue weighted by molar-refractivity contribution is 9.28. The fraction of sp³-hybridized carbons (Fsp3) is 1.00. The molecule has 0 rings (SSSR count). The minimum Gasteiger partial charge on any atom is -0.384 e. The summed E-state index contributed by atoms with van der Waals surface area (Å²) in [6.07, 6.45) is 0.944. The first-order chi connectivity index (χ1) is 3.56. The largest absolute Gasteiger partial charge is 0.464 e. The molecule has 0 radical (unpaired) electrons. The molecule has 50 valence electrons. The first-order valence-corrected chi connectivity index (χ1v) is 8.46. The Morgan fingerprint density at radius 2 is 2.12 bits per heavy atom. The molecule has 0 aromatic carbocycles. The third-order valence-corrected chi connectivity index (χ3v) is 2.34. The van der Waals surface area contributed by atoms with Crippen molar-refractivity contribution in [2.45, 2.75) is 13.3 Å². The van der Waals surface area contributed by atoms with Gasteiger partial charge in [-0.15, -0.1) is 22.2 Å². The van der Waals surface area contributed by atoms with Crippen LogP contribution in [0.4, 0.5) is 0 Å². The van der Waals surface area contributed by atoms with Crippen LogP contribution in [0.3, 0.4) is 0 Å². The van der Waals surface area contributed by atoms with E-state index in [1.165, 1.54) is 0 Å². The molecule has 0 unspecified atom stereocenters. The smallest absolute Gasteiger partial charge is 0.384 e. The van der Waals surface area contributed by atoms with Crippen LogP contribution >= 0.6 is 37.5 Å². The van der Waals surface area contributed by atoms with E-state index in [0.29, 0.717) is 6.61 Å². The van der Waals surface area contributed by atoms with E-state index in [-0.39, 0.29) is 0 Å². The van der Waals surface area contributed by atoms with E-state index in [2.05, 4.69) is 15.3 Å². The van der Waals surface area contributed by atoms with Gasteiger partial charge in [0.1, 0.15) is 0 Å². The van der Waals surface area contributed by atoms with Gasteiger partial charge < -0.3 is 4.43 Å². The third-order valence-electron chi connectivity index (χ3n) is 0.470. The highest BCUT2D eigenvalue weighted by atomic mass is 79.9. The quantitative estimate of drug-likeness (QED) is 0.542. The zero-order valence-electron chi connectivity index (χ0n) is 4.46. The minimum atomic E-state index is -2.42. The van der Waals surface area contributed by atoms with Crippen LogP contribution < -0.4 is 0 Å². The van der Waals surface area contributed by atoms with Gasteiger partial charge in [0.2, 0.25) is 0 Å². The van der Waals surface area contributed by atoms with Gasteiger partial charge in [0.15, 0.2) is 0 Å². The molecular formula is C3H7BrCl2OSi. The normalized spacial score (nSPS) is 12.0. The lowest BCUT2D eigenvalue weighted by Gasteiger charge is -2.06. The van der Waals surface area contributed by atoms with E-state index in [1.54, 1.807) is 0 Å². The molecular weight excluding hydrogens is 231 g/mol. The summed E-state index contributed by atoms with van der Waals surface area (Å²) in [4.78, 5) is 0. The van der Waals surface area contributed by atoms with Gasteiger partial charge in [0.05, 0.1) is 0 Å². The molecule has 0 aromatic rings. The molecule has 0 aliphatic heterocycles. The van der Waals surface area contributed by atoms with Gasteiger partial charge in [0.25, 0.3) is 0 Å². The topological polar surface area (TPSA) is 9.23 Å². The van der Waals surface area contributed by atoms with Crippen LogP contribution in [0.15, 0.2) is 0 Å². The van der Waals surface area contributed by atoms with E-state index in [0.717, 1.165) is 6.42 Å². The summed E-state index contributed by atoms with van der Waals surface area (Å²) in [6.45, 7) is 2.63. The fourth-order valence-corrected chi connectivity index (χ4v) is 1.60. The molecule has 5 heteroatoms. The lowest BCUT2D eigenvalue weighted by atomic mass is 10.5. The molecule has 0 aliphatic carbocycles. The monoisotopic (exact) mass is 236 g/mol. The Labute approximate surface area is 67.4 Å². The number of rotatable bonds is 3. The standard InChI is InChI=1S/C3H7BrCl2OSi/c1-2-3-7-8(4,5)6/h2-3H2,1H3. The Hall–Kier alpha value is 1.24. The zero-order valence-corrected chi connectivity index (χ0v) is 8.55. The second-order valence-corrected chi connectivity index (χ2v) is 12.3. The van der Waals surface area contributed by atoms with Gasteiger partial charge >= 0.3 is 5.56 Å². The fourth-order valence-electron chi connectivity index (χ4n) is 0.218. The van der Waals surface area contributed by atoms with Crippen molar-refractivity contribution < 1.29 is 4.43 Å². The van der Waals surface area contributed by atoms with Crippen molar-refractivity contribution in [1.82, 2.24) is 0 Å². The van der Waals surface area contributed by atoms with Crippen LogP contribution in [0.1, 0.15) is 13.3 Å². The summed E-state index contributed by atoms with van der Waals surface area (Å²) in [6, 6.07) is 0. The summed E-state index contributed by atoms with van der Waals surface area (Å²) >= 11 is 14.0. The lowest BCUT2D eigenvalue weighted by molar-refractivity contribution is 0.337. The molecule has 0 heterocycles. The van der Waals surface area contributed by atoms with Crippen molar-refractivity contribution in [2.75, 3.05) is 6.61 Å². The van der Waals surface area contributed by atoms with Crippen LogP contribution in [-0.2, 0) is 4.43 Å². The predicted molar refractivity (Wildman–Crippen MR) is 42.6 cm³/mol. The van der Waals surface area contributed by atoms with Crippen molar-refractivity contribution in [3.63, 3.8) is 0 Å². The molecule has 0 aliphatic rings. The van der Waals surface area contributed by atoms with Crippen LogP contribution in [0.2, 0.25) is 0 Å². The summed E-state index contributed by atoms with van der Waals surface area (Å²) < 4.78 is 4.96. The molecule has 0 amide bonds. The number of hydrogen-bond acceptors (Lipinski definition) is 1. The molecule has 0 bridgehead atoms. The van der Waals surface area contributed by atoms with E-state index in [1.807, 2.05) is 6.92 Å². The van der Waals surface area contributed by atoms with E-state index < -0.39 is 5.56 Å². The van der Waals surface area contributed by atoms with E-state index in [9.17, 15) is 0 Å². The van der Waals surface area contributed by atoms with Gasteiger partial charge in [-0.05, 0) is 6.42 Å². The van der Waals surface area contributed by atoms with Gasteiger partial charge in [-0.25, -0.2) is 0 Å². The van der Waals surface area contributed by atoms with Gasteiger partial charge in [-0.2, -0.15) is 0 Å². The second-order valence-electron chi connectivity index (χ2n) is 1.29. The minimum absolute atomic E-state index is 0.629. The average molecular weight is 238 g/mol. The molecule has 0 spiro atoms. The van der Waals surface area contributed by atoms with Crippen molar-refractivity contribution in [1.29, 1.82) is 0 Å². The van der Waals surface area contributed by atoms with Crippen LogP contribution in [0, 0.1) is 0 Å². The Bertz CT molecular complexity index is 64.8. The Balaban J connectivity index is 3.11. The zero-order chi connectivity index (χ0) is 6.62. The third kappa shape index (κ3) is 7.24. The maximum Gasteiger partial charge on any atom is 0.464 e. The van der Waals surface area contributed by atoms with Crippen LogP contribution in [0.5, 0.6) is 0 Å². The van der Waals surface area contributed by atoms with E-state index in [4.69, 9.17) is 26.6 Å². The summed E-state index contributed by atoms with van der Waals surface area (Å²) in [7, 11) is 0. The maximum absolute atomic E-state index is 5.51. The van der Waals surface area contributed by atoms with E-state index >= 15 is 0 Å². The van der Waals surface area contributed by atoms with Crippen molar-refractivity contribution in [3.8, 4) is 0 Å². The first kappa shape index (κ1) is 9.24. The molecule has 0 N–H and O–H groups in total. The van der Waals surface area contributed by atoms with Gasteiger partial charge in [-0.3, -0.25) is 0 Å². The SMILES string of the molecule is CCCO[Si](Cl)(Cl)Br. The Morgan fingerprint density at radius 1 is 1.62 bits per heavy atom. The first-order valence-electron chi connectivity index (χ1n) is 2.27. The molecule has 1 nitrogen and oxygen atoms in total. The van der Waals surface area contributed by atoms with Crippen LogP contribution in [-0.4, -0.2) is 12.2 Å². The summed E-state index contributed by atoms with van der Waals surface area (Å²) in [5, 5.41) is 0.